The fourth-order valence-electron chi connectivity index (χ4n) is 2.32. The molecule has 0 saturated heterocycles. The summed E-state index contributed by atoms with van der Waals surface area (Å²) in [6, 6.07) is 0. The lowest BCUT2D eigenvalue weighted by Gasteiger charge is -2.27. The van der Waals surface area contributed by atoms with Crippen LogP contribution < -0.4 is 0 Å². The largest absolute Gasteiger partial charge is 0.463 e. The van der Waals surface area contributed by atoms with Gasteiger partial charge < -0.3 is 19.3 Å². The highest BCUT2D eigenvalue weighted by Crippen LogP contribution is 2.30. The second-order valence-electron chi connectivity index (χ2n) is 5.71. The lowest BCUT2D eigenvalue weighted by atomic mass is 9.79. The minimum Gasteiger partial charge on any atom is -0.463 e. The SMILES string of the molecule is C=CC(=O)OCCOC(=O)C1C=CC(C)CC1C(=O)OCC(O)CCl. The van der Waals surface area contributed by atoms with Gasteiger partial charge in [-0.05, 0) is 12.3 Å². The van der Waals surface area contributed by atoms with E-state index in [1.165, 1.54) is 0 Å². The van der Waals surface area contributed by atoms with Crippen LogP contribution >= 0.6 is 11.6 Å². The molecule has 1 aliphatic carbocycles. The first kappa shape index (κ1) is 21.2. The summed E-state index contributed by atoms with van der Waals surface area (Å²) in [6.07, 6.45) is 3.94. The second kappa shape index (κ2) is 10.9. The summed E-state index contributed by atoms with van der Waals surface area (Å²) < 4.78 is 14.8. The van der Waals surface area contributed by atoms with Gasteiger partial charge >= 0.3 is 17.9 Å². The molecule has 0 radical (unpaired) electrons. The topological polar surface area (TPSA) is 99.1 Å². The van der Waals surface area contributed by atoms with Crippen LogP contribution in [-0.2, 0) is 28.6 Å². The monoisotopic (exact) mass is 374 g/mol. The zero-order valence-electron chi connectivity index (χ0n) is 14.1. The lowest BCUT2D eigenvalue weighted by molar-refractivity contribution is -0.162. The molecule has 7 nitrogen and oxygen atoms in total. The van der Waals surface area contributed by atoms with Gasteiger partial charge in [0.15, 0.2) is 0 Å². The summed E-state index contributed by atoms with van der Waals surface area (Å²) in [7, 11) is 0. The molecule has 0 spiro atoms. The Labute approximate surface area is 151 Å². The summed E-state index contributed by atoms with van der Waals surface area (Å²) in [5.74, 6) is -3.23. The van der Waals surface area contributed by atoms with Gasteiger partial charge in [-0.2, -0.15) is 0 Å². The number of carbonyl (C=O) groups excluding carboxylic acids is 3. The molecule has 0 amide bonds. The van der Waals surface area contributed by atoms with Gasteiger partial charge in [-0.1, -0.05) is 25.7 Å². The van der Waals surface area contributed by atoms with Crippen LogP contribution in [-0.4, -0.2) is 54.8 Å². The number of alkyl halides is 1. The molecule has 0 aromatic heterocycles. The van der Waals surface area contributed by atoms with E-state index in [0.29, 0.717) is 6.42 Å². The molecule has 0 bridgehead atoms. The third-order valence-electron chi connectivity index (χ3n) is 3.62. The first-order chi connectivity index (χ1) is 11.9. The van der Waals surface area contributed by atoms with Crippen molar-refractivity contribution in [3.05, 3.63) is 24.8 Å². The van der Waals surface area contributed by atoms with E-state index in [4.69, 9.17) is 25.8 Å². The summed E-state index contributed by atoms with van der Waals surface area (Å²) in [5, 5.41) is 9.38. The Morgan fingerprint density at radius 1 is 1.24 bits per heavy atom. The third kappa shape index (κ3) is 7.27. The average molecular weight is 375 g/mol. The molecule has 4 unspecified atom stereocenters. The maximum atomic E-state index is 12.2. The van der Waals surface area contributed by atoms with Crippen LogP contribution in [0.5, 0.6) is 0 Å². The molecule has 0 aromatic carbocycles. The van der Waals surface area contributed by atoms with Crippen LogP contribution in [0.4, 0.5) is 0 Å². The van der Waals surface area contributed by atoms with Gasteiger partial charge in [0.25, 0.3) is 0 Å². The molecule has 0 aromatic rings. The molecule has 0 heterocycles. The molecule has 25 heavy (non-hydrogen) atoms. The first-order valence-corrected chi connectivity index (χ1v) is 8.47. The Balaban J connectivity index is 2.58. The standard InChI is InChI=1S/C17H23ClO7/c1-3-15(20)23-6-7-24-16(21)13-5-4-11(2)8-14(13)17(22)25-10-12(19)9-18/h3-5,11-14,19H,1,6-10H2,2H3. The first-order valence-electron chi connectivity index (χ1n) is 7.93. The van der Waals surface area contributed by atoms with Gasteiger partial charge in [0.05, 0.1) is 17.7 Å². The normalized spacial score (nSPS) is 23.4. The van der Waals surface area contributed by atoms with Crippen molar-refractivity contribution in [3.63, 3.8) is 0 Å². The highest BCUT2D eigenvalue weighted by molar-refractivity contribution is 6.18. The number of aliphatic hydroxyl groups excluding tert-OH is 1. The Hall–Kier alpha value is -1.86. The summed E-state index contributed by atoms with van der Waals surface area (Å²) >= 11 is 5.46. The Kier molecular flexibility index (Phi) is 9.23. The van der Waals surface area contributed by atoms with E-state index in [1.54, 1.807) is 6.08 Å². The van der Waals surface area contributed by atoms with Crippen molar-refractivity contribution in [2.45, 2.75) is 19.4 Å². The molecular formula is C17H23ClO7. The maximum Gasteiger partial charge on any atom is 0.330 e. The van der Waals surface area contributed by atoms with Crippen LogP contribution in [0.1, 0.15) is 13.3 Å². The average Bonchev–Trinajstić information content (AvgIpc) is 2.62. The Morgan fingerprint density at radius 3 is 2.56 bits per heavy atom. The number of hydrogen-bond donors (Lipinski definition) is 1. The quantitative estimate of drug-likeness (QED) is 0.162. The second-order valence-corrected chi connectivity index (χ2v) is 6.02. The van der Waals surface area contributed by atoms with Crippen molar-refractivity contribution >= 4 is 29.5 Å². The Morgan fingerprint density at radius 2 is 1.92 bits per heavy atom. The van der Waals surface area contributed by atoms with Crippen molar-refractivity contribution < 1.29 is 33.7 Å². The van der Waals surface area contributed by atoms with Crippen molar-refractivity contribution in [2.24, 2.45) is 17.8 Å². The maximum absolute atomic E-state index is 12.2. The van der Waals surface area contributed by atoms with Crippen molar-refractivity contribution in [2.75, 3.05) is 25.7 Å². The molecule has 0 saturated carbocycles. The van der Waals surface area contributed by atoms with Gasteiger partial charge in [0.2, 0.25) is 0 Å². The van der Waals surface area contributed by atoms with Gasteiger partial charge in [0.1, 0.15) is 25.9 Å². The third-order valence-corrected chi connectivity index (χ3v) is 3.97. The fourth-order valence-corrected chi connectivity index (χ4v) is 2.41. The van der Waals surface area contributed by atoms with E-state index in [2.05, 4.69) is 6.58 Å². The fraction of sp³-hybridized carbons (Fsp3) is 0.588. The van der Waals surface area contributed by atoms with E-state index in [1.807, 2.05) is 13.0 Å². The minimum absolute atomic E-state index is 0.0524. The van der Waals surface area contributed by atoms with E-state index in [-0.39, 0.29) is 31.6 Å². The van der Waals surface area contributed by atoms with Crippen molar-refractivity contribution in [3.8, 4) is 0 Å². The van der Waals surface area contributed by atoms with E-state index < -0.39 is 35.8 Å². The van der Waals surface area contributed by atoms with Gasteiger partial charge in [0, 0.05) is 6.08 Å². The predicted octanol–water partition coefficient (Wildman–Crippen LogP) is 1.23. The molecule has 1 aliphatic rings. The minimum atomic E-state index is -0.952. The zero-order valence-corrected chi connectivity index (χ0v) is 14.8. The molecule has 4 atom stereocenters. The number of halogens is 1. The van der Waals surface area contributed by atoms with Gasteiger partial charge in [-0.25, -0.2) is 4.79 Å². The summed E-state index contributed by atoms with van der Waals surface area (Å²) in [4.78, 5) is 35.4. The predicted molar refractivity (Wildman–Crippen MR) is 89.7 cm³/mol. The molecule has 0 aliphatic heterocycles. The molecular weight excluding hydrogens is 352 g/mol. The summed E-state index contributed by atoms with van der Waals surface area (Å²) in [5.41, 5.74) is 0. The summed E-state index contributed by atoms with van der Waals surface area (Å²) in [6.45, 7) is 4.73. The highest BCUT2D eigenvalue weighted by Gasteiger charge is 2.37. The van der Waals surface area contributed by atoms with Crippen molar-refractivity contribution in [1.29, 1.82) is 0 Å². The van der Waals surface area contributed by atoms with E-state index >= 15 is 0 Å². The number of allylic oxidation sites excluding steroid dienone is 1. The smallest absolute Gasteiger partial charge is 0.330 e. The number of rotatable bonds is 9. The molecule has 1 rings (SSSR count). The number of carbonyl (C=O) groups is 3. The number of hydrogen-bond acceptors (Lipinski definition) is 7. The molecule has 140 valence electrons. The Bertz CT molecular complexity index is 517. The van der Waals surface area contributed by atoms with Crippen LogP contribution in [0.15, 0.2) is 24.8 Å². The lowest BCUT2D eigenvalue weighted by Crippen LogP contribution is -2.36. The van der Waals surface area contributed by atoms with Crippen LogP contribution in [0, 0.1) is 17.8 Å². The van der Waals surface area contributed by atoms with Crippen LogP contribution in [0.3, 0.4) is 0 Å². The van der Waals surface area contributed by atoms with Gasteiger partial charge in [-0.15, -0.1) is 11.6 Å². The van der Waals surface area contributed by atoms with E-state index in [0.717, 1.165) is 6.08 Å². The van der Waals surface area contributed by atoms with Gasteiger partial charge in [-0.3, -0.25) is 9.59 Å². The highest BCUT2D eigenvalue weighted by atomic mass is 35.5. The van der Waals surface area contributed by atoms with Crippen LogP contribution in [0.25, 0.3) is 0 Å². The number of esters is 3. The number of ether oxygens (including phenoxy) is 3. The molecule has 1 N–H and O–H groups in total. The van der Waals surface area contributed by atoms with Crippen LogP contribution in [0.2, 0.25) is 0 Å². The molecule has 8 heteroatoms. The zero-order chi connectivity index (χ0) is 18.8. The van der Waals surface area contributed by atoms with Crippen molar-refractivity contribution in [1.82, 2.24) is 0 Å². The molecule has 0 fully saturated rings. The number of aliphatic hydroxyl groups is 1. The van der Waals surface area contributed by atoms with E-state index in [9.17, 15) is 19.5 Å².